The van der Waals surface area contributed by atoms with Gasteiger partial charge in [0.1, 0.15) is 5.52 Å². The summed E-state index contributed by atoms with van der Waals surface area (Å²) in [5.74, 6) is 2.04. The minimum atomic E-state index is 0. The van der Waals surface area contributed by atoms with Crippen molar-refractivity contribution in [1.82, 2.24) is 14.5 Å². The number of pyridine rings is 1. The van der Waals surface area contributed by atoms with Crippen molar-refractivity contribution in [2.24, 2.45) is 5.92 Å². The zero-order valence-corrected chi connectivity index (χ0v) is 15.1. The van der Waals surface area contributed by atoms with E-state index >= 15 is 0 Å². The quantitative estimate of drug-likeness (QED) is 0.706. The van der Waals surface area contributed by atoms with E-state index in [0.29, 0.717) is 11.7 Å². The maximum Gasteiger partial charge on any atom is 0.206 e. The Labute approximate surface area is 150 Å². The van der Waals surface area contributed by atoms with E-state index in [1.807, 2.05) is 12.1 Å². The first-order valence-electron chi connectivity index (χ1n) is 8.86. The van der Waals surface area contributed by atoms with Gasteiger partial charge in [0.2, 0.25) is 5.95 Å². The fourth-order valence-corrected chi connectivity index (χ4v) is 3.30. The molecule has 2 heterocycles. The first-order valence-corrected chi connectivity index (χ1v) is 8.86. The summed E-state index contributed by atoms with van der Waals surface area (Å²) in [6.07, 6.45) is 1.09. The summed E-state index contributed by atoms with van der Waals surface area (Å²) >= 11 is 0. The van der Waals surface area contributed by atoms with Crippen molar-refractivity contribution in [3.05, 3.63) is 24.3 Å². The highest BCUT2D eigenvalue weighted by atomic mass is 15.3. The Kier molecular flexibility index (Phi) is 5.88. The Hall–Kier alpha value is -2.30. The molecule has 3 rings (SSSR count). The molecule has 0 amide bonds. The van der Waals surface area contributed by atoms with Gasteiger partial charge in [-0.2, -0.15) is 0 Å². The monoisotopic (exact) mass is 341 g/mol. The predicted molar refractivity (Wildman–Crippen MR) is 109 cm³/mol. The average molecular weight is 342 g/mol. The summed E-state index contributed by atoms with van der Waals surface area (Å²) in [4.78, 5) is 11.8. The van der Waals surface area contributed by atoms with Crippen LogP contribution in [0.2, 0.25) is 0 Å². The molecule has 0 aliphatic rings. The highest BCUT2D eigenvalue weighted by Gasteiger charge is 2.20. The van der Waals surface area contributed by atoms with E-state index in [0.717, 1.165) is 53.9 Å². The predicted octanol–water partition coefficient (Wildman–Crippen LogP) is 4.70. The summed E-state index contributed by atoms with van der Waals surface area (Å²) in [5.41, 5.74) is 9.10. The highest BCUT2D eigenvalue weighted by molar-refractivity contribution is 6.07. The number of fused-ring (bicyclic) bond motifs is 3. The van der Waals surface area contributed by atoms with Crippen LogP contribution in [0.1, 0.15) is 41.5 Å². The van der Waals surface area contributed by atoms with Crippen LogP contribution in [0, 0.1) is 5.92 Å². The maximum atomic E-state index is 6.25. The molecule has 0 atom stereocenters. The van der Waals surface area contributed by atoms with Crippen LogP contribution in [0.5, 0.6) is 0 Å². The van der Waals surface area contributed by atoms with Gasteiger partial charge < -0.3 is 15.2 Å². The van der Waals surface area contributed by atoms with Gasteiger partial charge in [-0.15, -0.1) is 0 Å². The second kappa shape index (κ2) is 7.72. The number of anilines is 2. The third kappa shape index (κ3) is 3.41. The zero-order chi connectivity index (χ0) is 17.3. The van der Waals surface area contributed by atoms with Gasteiger partial charge >= 0.3 is 0 Å². The minimum absolute atomic E-state index is 0. The Morgan fingerprint density at radius 2 is 1.88 bits per heavy atom. The largest absolute Gasteiger partial charge is 0.382 e. The lowest BCUT2D eigenvalue weighted by atomic mass is 10.1. The van der Waals surface area contributed by atoms with Crippen LogP contribution in [0.25, 0.3) is 21.9 Å². The molecule has 0 spiro atoms. The van der Waals surface area contributed by atoms with E-state index in [4.69, 9.17) is 10.7 Å². The Bertz CT molecular complexity index is 850. The molecule has 5 heteroatoms. The molecule has 3 aromatic rings. The number of imidazole rings is 1. The summed E-state index contributed by atoms with van der Waals surface area (Å²) in [6, 6.07) is 8.18. The number of nitrogen functional groups attached to an aromatic ring is 1. The minimum Gasteiger partial charge on any atom is -0.382 e. The second-order valence-electron chi connectivity index (χ2n) is 6.71. The smallest absolute Gasteiger partial charge is 0.206 e. The molecular formula is C20H31N5. The molecule has 0 fully saturated rings. The first kappa shape index (κ1) is 19.0. The van der Waals surface area contributed by atoms with Gasteiger partial charge in [-0.25, -0.2) is 9.97 Å². The number of rotatable bonds is 6. The van der Waals surface area contributed by atoms with Crippen LogP contribution in [0.15, 0.2) is 24.3 Å². The van der Waals surface area contributed by atoms with Crippen LogP contribution in [-0.4, -0.2) is 27.6 Å². The van der Waals surface area contributed by atoms with Crippen molar-refractivity contribution in [1.29, 1.82) is 0 Å². The Balaban J connectivity index is 0.00000225. The number of benzene rings is 1. The van der Waals surface area contributed by atoms with E-state index in [9.17, 15) is 0 Å². The molecule has 0 saturated carbocycles. The van der Waals surface area contributed by atoms with Crippen molar-refractivity contribution in [3.63, 3.8) is 0 Å². The fraction of sp³-hybridized carbons (Fsp3) is 0.500. The zero-order valence-electron chi connectivity index (χ0n) is 15.1. The number of nitrogens with zero attached hydrogens (tertiary/aromatic N) is 4. The third-order valence-corrected chi connectivity index (χ3v) is 4.30. The lowest BCUT2D eigenvalue weighted by Gasteiger charge is -2.23. The molecule has 0 unspecified atom stereocenters. The van der Waals surface area contributed by atoms with Crippen molar-refractivity contribution in [2.75, 3.05) is 23.7 Å². The normalized spacial score (nSPS) is 11.2. The molecule has 2 aromatic heterocycles. The Morgan fingerprint density at radius 3 is 2.52 bits per heavy atom. The number of hydrogen-bond donors (Lipinski definition) is 1. The van der Waals surface area contributed by atoms with Crippen LogP contribution in [0.3, 0.4) is 0 Å². The molecule has 0 aliphatic heterocycles. The van der Waals surface area contributed by atoms with Gasteiger partial charge in [0.15, 0.2) is 5.82 Å². The van der Waals surface area contributed by atoms with Crippen molar-refractivity contribution < 1.29 is 0 Å². The van der Waals surface area contributed by atoms with Gasteiger partial charge in [-0.05, 0) is 25.3 Å². The van der Waals surface area contributed by atoms with Crippen molar-refractivity contribution >= 4 is 33.7 Å². The van der Waals surface area contributed by atoms with Crippen LogP contribution < -0.4 is 10.6 Å². The van der Waals surface area contributed by atoms with Crippen LogP contribution in [-0.2, 0) is 6.54 Å². The Morgan fingerprint density at radius 1 is 1.16 bits per heavy atom. The SMILES string of the molecule is C.CCCN(CC)c1nc2c(N)nc3ccccc3c2n1CC(C)C. The van der Waals surface area contributed by atoms with Crippen LogP contribution >= 0.6 is 0 Å². The lowest BCUT2D eigenvalue weighted by Crippen LogP contribution is -2.27. The number of para-hydroxylation sites is 1. The molecule has 136 valence electrons. The average Bonchev–Trinajstić information content (AvgIpc) is 2.92. The van der Waals surface area contributed by atoms with E-state index < -0.39 is 0 Å². The summed E-state index contributed by atoms with van der Waals surface area (Å²) in [6.45, 7) is 11.7. The molecule has 0 bridgehead atoms. The number of nitrogens with two attached hydrogens (primary N) is 1. The van der Waals surface area contributed by atoms with Gasteiger partial charge in [0.05, 0.1) is 11.0 Å². The second-order valence-corrected chi connectivity index (χ2v) is 6.71. The van der Waals surface area contributed by atoms with Gasteiger partial charge in [-0.1, -0.05) is 46.4 Å². The molecule has 0 aliphatic carbocycles. The summed E-state index contributed by atoms with van der Waals surface area (Å²) in [5, 5.41) is 1.12. The lowest BCUT2D eigenvalue weighted by molar-refractivity contribution is 0.528. The number of hydrogen-bond acceptors (Lipinski definition) is 4. The standard InChI is InChI=1S/C19H27N5.CH4/c1-5-11-23(6-2)19-22-16-17(24(19)12-13(3)4)14-9-7-8-10-15(14)21-18(16)20;/h7-10,13H,5-6,11-12H2,1-4H3,(H2,20,21);1H4. The maximum absolute atomic E-state index is 6.25. The van der Waals surface area contributed by atoms with Crippen molar-refractivity contribution in [2.45, 2.75) is 48.1 Å². The third-order valence-electron chi connectivity index (χ3n) is 4.30. The highest BCUT2D eigenvalue weighted by Crippen LogP contribution is 2.32. The van der Waals surface area contributed by atoms with E-state index in [1.165, 1.54) is 0 Å². The van der Waals surface area contributed by atoms with E-state index in [2.05, 4.69) is 54.3 Å². The van der Waals surface area contributed by atoms with Gasteiger partial charge in [0, 0.05) is 25.0 Å². The molecule has 5 nitrogen and oxygen atoms in total. The number of aromatic nitrogens is 3. The molecule has 1 aromatic carbocycles. The topological polar surface area (TPSA) is 60.0 Å². The molecule has 0 saturated heterocycles. The van der Waals surface area contributed by atoms with Crippen LogP contribution in [0.4, 0.5) is 11.8 Å². The van der Waals surface area contributed by atoms with Gasteiger partial charge in [0.25, 0.3) is 0 Å². The molecule has 0 radical (unpaired) electrons. The first-order chi connectivity index (χ1) is 11.6. The van der Waals surface area contributed by atoms with E-state index in [-0.39, 0.29) is 7.43 Å². The van der Waals surface area contributed by atoms with Crippen molar-refractivity contribution in [3.8, 4) is 0 Å². The summed E-state index contributed by atoms with van der Waals surface area (Å²) < 4.78 is 2.33. The fourth-order valence-electron chi connectivity index (χ4n) is 3.30. The van der Waals surface area contributed by atoms with E-state index in [1.54, 1.807) is 0 Å². The molecule has 2 N–H and O–H groups in total. The summed E-state index contributed by atoms with van der Waals surface area (Å²) in [7, 11) is 0. The molecular weight excluding hydrogens is 310 g/mol. The molecule has 25 heavy (non-hydrogen) atoms. The van der Waals surface area contributed by atoms with Gasteiger partial charge in [-0.3, -0.25) is 0 Å².